The average molecular weight is 366 g/mol. The van der Waals surface area contributed by atoms with Crippen molar-refractivity contribution >= 4 is 11.7 Å². The van der Waals surface area contributed by atoms with Crippen molar-refractivity contribution < 1.29 is 9.32 Å². The van der Waals surface area contributed by atoms with Crippen LogP contribution in [0.25, 0.3) is 17.1 Å². The van der Waals surface area contributed by atoms with Gasteiger partial charge in [-0.05, 0) is 44.5 Å². The van der Waals surface area contributed by atoms with Crippen molar-refractivity contribution in [1.29, 1.82) is 0 Å². The van der Waals surface area contributed by atoms with Crippen LogP contribution >= 0.6 is 0 Å². The summed E-state index contributed by atoms with van der Waals surface area (Å²) in [6.07, 6.45) is 1.27. The molecular weight excluding hydrogens is 344 g/mol. The summed E-state index contributed by atoms with van der Waals surface area (Å²) in [5.74, 6) is 2.01. The first-order valence-electron chi connectivity index (χ1n) is 9.09. The highest BCUT2D eigenvalue weighted by Crippen LogP contribution is 2.28. The van der Waals surface area contributed by atoms with Crippen LogP contribution in [0.4, 0.5) is 5.82 Å². The molecule has 8 heteroatoms. The second kappa shape index (κ2) is 6.86. The van der Waals surface area contributed by atoms with Crippen molar-refractivity contribution in [3.8, 4) is 17.1 Å². The third-order valence-corrected chi connectivity index (χ3v) is 4.90. The summed E-state index contributed by atoms with van der Waals surface area (Å²) in [7, 11) is 0. The Kier molecular flexibility index (Phi) is 4.39. The van der Waals surface area contributed by atoms with Gasteiger partial charge in [-0.1, -0.05) is 5.16 Å². The Bertz CT molecular complexity index is 959. The quantitative estimate of drug-likeness (QED) is 0.761. The molecule has 1 amide bonds. The molecule has 140 valence electrons. The zero-order valence-corrected chi connectivity index (χ0v) is 15.4. The number of anilines is 1. The first-order chi connectivity index (χ1) is 13.0. The molecule has 1 atom stereocenters. The van der Waals surface area contributed by atoms with Crippen LogP contribution in [0.2, 0.25) is 0 Å². The van der Waals surface area contributed by atoms with Crippen LogP contribution in [0.1, 0.15) is 37.3 Å². The highest BCUT2D eigenvalue weighted by Gasteiger charge is 2.29. The van der Waals surface area contributed by atoms with Gasteiger partial charge >= 0.3 is 0 Å². The lowest BCUT2D eigenvalue weighted by Gasteiger charge is -2.29. The van der Waals surface area contributed by atoms with E-state index in [2.05, 4.69) is 15.2 Å². The Morgan fingerprint density at radius 2 is 2.07 bits per heavy atom. The Hall–Kier alpha value is -3.16. The Morgan fingerprint density at radius 1 is 1.30 bits per heavy atom. The van der Waals surface area contributed by atoms with Gasteiger partial charge in [-0.3, -0.25) is 4.79 Å². The van der Waals surface area contributed by atoms with Gasteiger partial charge < -0.3 is 15.2 Å². The molecule has 3 aromatic rings. The summed E-state index contributed by atoms with van der Waals surface area (Å²) in [6, 6.07) is 9.51. The van der Waals surface area contributed by atoms with Crippen LogP contribution in [0.15, 0.2) is 34.9 Å². The monoisotopic (exact) mass is 366 g/mol. The number of carbonyl (C=O) groups excluding carboxylic acids is 1. The van der Waals surface area contributed by atoms with E-state index in [-0.39, 0.29) is 11.8 Å². The number of hydrogen-bond donors (Lipinski definition) is 1. The number of piperidine rings is 1. The summed E-state index contributed by atoms with van der Waals surface area (Å²) in [5.41, 5.74) is 8.57. The van der Waals surface area contributed by atoms with Crippen LogP contribution in [0.5, 0.6) is 0 Å². The van der Waals surface area contributed by atoms with Crippen LogP contribution in [0.3, 0.4) is 0 Å². The molecule has 1 saturated heterocycles. The number of benzene rings is 1. The molecule has 2 aromatic heterocycles. The molecule has 0 bridgehead atoms. The van der Waals surface area contributed by atoms with Gasteiger partial charge in [0.05, 0.1) is 17.3 Å². The molecule has 1 fully saturated rings. The third kappa shape index (κ3) is 3.30. The van der Waals surface area contributed by atoms with Crippen LogP contribution < -0.4 is 5.73 Å². The normalized spacial score (nSPS) is 17.5. The van der Waals surface area contributed by atoms with E-state index < -0.39 is 0 Å². The van der Waals surface area contributed by atoms with E-state index in [0.717, 1.165) is 23.4 Å². The van der Waals surface area contributed by atoms with Crippen molar-refractivity contribution in [2.45, 2.75) is 32.6 Å². The molecule has 0 saturated carbocycles. The second-order valence-electron chi connectivity index (χ2n) is 6.79. The third-order valence-electron chi connectivity index (χ3n) is 4.90. The van der Waals surface area contributed by atoms with Gasteiger partial charge in [0.25, 0.3) is 0 Å². The molecule has 1 aliphatic rings. The topological polar surface area (TPSA) is 103 Å². The number of likely N-dealkylation sites (N-methyl/N-ethyl adjacent to an activating group) is 1. The molecule has 4 rings (SSSR count). The van der Waals surface area contributed by atoms with E-state index in [1.165, 1.54) is 0 Å². The molecular formula is C19H22N6O2. The molecule has 0 unspecified atom stereocenters. The number of amides is 1. The molecule has 1 aromatic carbocycles. The number of rotatable bonds is 4. The molecule has 0 radical (unpaired) electrons. The van der Waals surface area contributed by atoms with Crippen molar-refractivity contribution in [2.75, 3.05) is 18.8 Å². The van der Waals surface area contributed by atoms with Crippen LogP contribution in [-0.2, 0) is 4.79 Å². The first kappa shape index (κ1) is 17.3. The predicted molar refractivity (Wildman–Crippen MR) is 100 cm³/mol. The molecule has 2 N–H and O–H groups in total. The fourth-order valence-electron chi connectivity index (χ4n) is 3.42. The van der Waals surface area contributed by atoms with Crippen molar-refractivity contribution in [1.82, 2.24) is 24.8 Å². The number of nitrogens with zero attached hydrogens (tertiary/aromatic N) is 5. The number of likely N-dealkylation sites (tertiary alicyclic amines) is 1. The van der Waals surface area contributed by atoms with Gasteiger partial charge in [0.15, 0.2) is 0 Å². The van der Waals surface area contributed by atoms with Crippen molar-refractivity contribution in [3.05, 3.63) is 41.9 Å². The smallest absolute Gasteiger partial charge is 0.231 e. The van der Waals surface area contributed by atoms with E-state index in [1.807, 2.05) is 49.1 Å². The van der Waals surface area contributed by atoms with E-state index in [9.17, 15) is 4.79 Å². The minimum Gasteiger partial charge on any atom is -0.384 e. The average Bonchev–Trinajstić information content (AvgIpc) is 3.29. The largest absolute Gasteiger partial charge is 0.384 e. The highest BCUT2D eigenvalue weighted by molar-refractivity contribution is 5.77. The maximum Gasteiger partial charge on any atom is 0.231 e. The number of hydrogen-bond acceptors (Lipinski definition) is 6. The lowest BCUT2D eigenvalue weighted by atomic mass is 9.97. The van der Waals surface area contributed by atoms with E-state index >= 15 is 0 Å². The Morgan fingerprint density at radius 3 is 2.74 bits per heavy atom. The summed E-state index contributed by atoms with van der Waals surface area (Å²) in [6.45, 7) is 5.22. The highest BCUT2D eigenvalue weighted by atomic mass is 16.5. The molecule has 0 aliphatic carbocycles. The van der Waals surface area contributed by atoms with Gasteiger partial charge in [-0.15, -0.1) is 0 Å². The second-order valence-corrected chi connectivity index (χ2v) is 6.79. The fourth-order valence-corrected chi connectivity index (χ4v) is 3.42. The maximum absolute atomic E-state index is 11.8. The number of nitrogens with two attached hydrogens (primary N) is 1. The predicted octanol–water partition coefficient (Wildman–Crippen LogP) is 2.54. The summed E-state index contributed by atoms with van der Waals surface area (Å²) >= 11 is 0. The standard InChI is InChI=1S/C19H22N6O2/c1-3-24-11-14(6-9-17(24)26)19-21-18(23-27-19)13-4-7-15(8-5-13)25-16(20)10-12(2)22-25/h4-5,7-8,10,14H,3,6,9,11,20H2,1-2H3/t14-/m1/s1. The van der Waals surface area contributed by atoms with Crippen molar-refractivity contribution in [2.24, 2.45) is 0 Å². The number of aryl methyl sites for hydroxylation is 1. The number of aromatic nitrogens is 4. The van der Waals surface area contributed by atoms with E-state index in [1.54, 1.807) is 4.68 Å². The summed E-state index contributed by atoms with van der Waals surface area (Å²) in [5, 5.41) is 8.50. The molecule has 1 aliphatic heterocycles. The number of carbonyl (C=O) groups is 1. The molecule has 0 spiro atoms. The first-order valence-corrected chi connectivity index (χ1v) is 9.09. The lowest BCUT2D eigenvalue weighted by Crippen LogP contribution is -2.38. The molecule has 8 nitrogen and oxygen atoms in total. The zero-order valence-electron chi connectivity index (χ0n) is 15.4. The van der Waals surface area contributed by atoms with Gasteiger partial charge in [-0.2, -0.15) is 10.1 Å². The molecule has 27 heavy (non-hydrogen) atoms. The Labute approximate surface area is 157 Å². The van der Waals surface area contributed by atoms with Gasteiger partial charge in [0, 0.05) is 31.1 Å². The SMILES string of the molecule is CCN1C[C@H](c2nc(-c3ccc(-n4nc(C)cc4N)cc3)no2)CCC1=O. The zero-order chi connectivity index (χ0) is 19.0. The minimum atomic E-state index is 0.0926. The van der Waals surface area contributed by atoms with Crippen molar-refractivity contribution in [3.63, 3.8) is 0 Å². The van der Waals surface area contributed by atoms with Gasteiger partial charge in [0.1, 0.15) is 5.82 Å². The van der Waals surface area contributed by atoms with Crippen LogP contribution in [0, 0.1) is 6.92 Å². The summed E-state index contributed by atoms with van der Waals surface area (Å²) < 4.78 is 7.18. The van der Waals surface area contributed by atoms with Crippen LogP contribution in [-0.4, -0.2) is 43.8 Å². The van der Waals surface area contributed by atoms with E-state index in [0.29, 0.717) is 37.0 Å². The fraction of sp³-hybridized carbons (Fsp3) is 0.368. The lowest BCUT2D eigenvalue weighted by molar-refractivity contribution is -0.133. The maximum atomic E-state index is 11.8. The number of nitrogen functional groups attached to an aromatic ring is 1. The van der Waals surface area contributed by atoms with Gasteiger partial charge in [-0.25, -0.2) is 4.68 Å². The van der Waals surface area contributed by atoms with E-state index in [4.69, 9.17) is 10.3 Å². The minimum absolute atomic E-state index is 0.0926. The van der Waals surface area contributed by atoms with Gasteiger partial charge in [0.2, 0.25) is 17.6 Å². The Balaban J connectivity index is 1.53. The summed E-state index contributed by atoms with van der Waals surface area (Å²) in [4.78, 5) is 18.2. The molecule has 3 heterocycles.